The summed E-state index contributed by atoms with van der Waals surface area (Å²) in [6.07, 6.45) is 1.91. The number of rotatable bonds is 5. The predicted molar refractivity (Wildman–Crippen MR) is 63.1 cm³/mol. The molecule has 0 radical (unpaired) electrons. The summed E-state index contributed by atoms with van der Waals surface area (Å²) in [6.45, 7) is 0.370. The van der Waals surface area contributed by atoms with Crippen molar-refractivity contribution in [2.45, 2.75) is 31.2 Å². The van der Waals surface area contributed by atoms with Gasteiger partial charge in [-0.2, -0.15) is 0 Å². The molecule has 1 fully saturated rings. The second kappa shape index (κ2) is 4.53. The Balaban J connectivity index is 2.12. The van der Waals surface area contributed by atoms with Crippen molar-refractivity contribution >= 4 is 10.0 Å². The van der Waals surface area contributed by atoms with Crippen LogP contribution in [-0.2, 0) is 22.3 Å². The summed E-state index contributed by atoms with van der Waals surface area (Å²) in [5, 5.41) is 0. The van der Waals surface area contributed by atoms with Gasteiger partial charge < -0.3 is 5.73 Å². The minimum absolute atomic E-state index is 0.0247. The molecule has 0 amide bonds. The molecule has 0 unspecified atom stereocenters. The number of benzene rings is 1. The molecule has 1 aliphatic carbocycles. The Hall–Kier alpha value is -0.910. The Morgan fingerprint density at radius 2 is 1.88 bits per heavy atom. The summed E-state index contributed by atoms with van der Waals surface area (Å²) < 4.78 is 26.2. The second-order valence-corrected chi connectivity index (χ2v) is 5.88. The molecule has 0 aliphatic heterocycles. The van der Waals surface area contributed by atoms with Crippen LogP contribution in [0.4, 0.5) is 0 Å². The van der Waals surface area contributed by atoms with Gasteiger partial charge in [0.1, 0.15) is 0 Å². The van der Waals surface area contributed by atoms with E-state index in [0.717, 1.165) is 24.0 Å². The zero-order valence-corrected chi connectivity index (χ0v) is 9.83. The molecule has 88 valence electrons. The van der Waals surface area contributed by atoms with Crippen LogP contribution in [-0.4, -0.2) is 14.5 Å². The Labute approximate surface area is 95.9 Å². The van der Waals surface area contributed by atoms with E-state index >= 15 is 0 Å². The third kappa shape index (κ3) is 3.04. The maximum Gasteiger partial charge on any atom is 0.216 e. The molecule has 2 rings (SSSR count). The van der Waals surface area contributed by atoms with Gasteiger partial charge in [-0.05, 0) is 24.0 Å². The topological polar surface area (TPSA) is 72.2 Å². The second-order valence-electron chi connectivity index (χ2n) is 4.12. The molecular formula is C11H16N2O2S. The van der Waals surface area contributed by atoms with Crippen molar-refractivity contribution in [1.29, 1.82) is 0 Å². The van der Waals surface area contributed by atoms with E-state index in [-0.39, 0.29) is 11.8 Å². The molecule has 0 aromatic heterocycles. The van der Waals surface area contributed by atoms with Crippen LogP contribution in [0.25, 0.3) is 0 Å². The Morgan fingerprint density at radius 3 is 2.44 bits per heavy atom. The fourth-order valence-corrected chi connectivity index (χ4v) is 3.12. The van der Waals surface area contributed by atoms with E-state index < -0.39 is 10.0 Å². The van der Waals surface area contributed by atoms with Gasteiger partial charge in [-0.15, -0.1) is 0 Å². The highest BCUT2D eigenvalue weighted by Gasteiger charge is 2.27. The fourth-order valence-electron chi connectivity index (χ4n) is 1.60. The summed E-state index contributed by atoms with van der Waals surface area (Å²) in [6, 6.07) is 7.54. The van der Waals surface area contributed by atoms with E-state index in [0.29, 0.717) is 6.54 Å². The maximum atomic E-state index is 11.8. The molecule has 5 heteroatoms. The molecule has 1 aliphatic rings. The van der Waals surface area contributed by atoms with Crippen LogP contribution < -0.4 is 10.5 Å². The van der Waals surface area contributed by atoms with Gasteiger partial charge in [0.2, 0.25) is 10.0 Å². The molecule has 4 nitrogen and oxygen atoms in total. The zero-order chi connectivity index (χ0) is 11.6. The van der Waals surface area contributed by atoms with E-state index in [1.807, 2.05) is 24.3 Å². The number of hydrogen-bond acceptors (Lipinski definition) is 3. The lowest BCUT2D eigenvalue weighted by atomic mass is 10.1. The third-order valence-corrected chi connectivity index (χ3v) is 3.99. The van der Waals surface area contributed by atoms with E-state index in [1.54, 1.807) is 0 Å². The first-order valence-corrected chi connectivity index (χ1v) is 7.03. The van der Waals surface area contributed by atoms with E-state index in [9.17, 15) is 8.42 Å². The lowest BCUT2D eigenvalue weighted by Gasteiger charge is -2.09. The Kier molecular flexibility index (Phi) is 3.28. The first-order valence-electron chi connectivity index (χ1n) is 5.37. The van der Waals surface area contributed by atoms with Gasteiger partial charge in [-0.3, -0.25) is 0 Å². The normalized spacial score (nSPS) is 16.3. The smallest absolute Gasteiger partial charge is 0.216 e. The van der Waals surface area contributed by atoms with Crippen molar-refractivity contribution in [2.75, 3.05) is 0 Å². The van der Waals surface area contributed by atoms with Crippen molar-refractivity contribution in [1.82, 2.24) is 4.72 Å². The summed E-state index contributed by atoms with van der Waals surface area (Å²) in [7, 11) is -3.21. The van der Waals surface area contributed by atoms with Crippen LogP contribution in [0.3, 0.4) is 0 Å². The van der Waals surface area contributed by atoms with Crippen molar-refractivity contribution in [3.63, 3.8) is 0 Å². The molecule has 0 bridgehead atoms. The molecular weight excluding hydrogens is 224 g/mol. The van der Waals surface area contributed by atoms with Crippen molar-refractivity contribution in [2.24, 2.45) is 5.73 Å². The molecule has 0 atom stereocenters. The summed E-state index contributed by atoms with van der Waals surface area (Å²) in [5.74, 6) is 0.0247. The van der Waals surface area contributed by atoms with Crippen molar-refractivity contribution < 1.29 is 8.42 Å². The third-order valence-electron chi connectivity index (χ3n) is 2.61. The summed E-state index contributed by atoms with van der Waals surface area (Å²) >= 11 is 0. The van der Waals surface area contributed by atoms with Crippen LogP contribution >= 0.6 is 0 Å². The number of nitrogens with one attached hydrogen (secondary N) is 1. The van der Waals surface area contributed by atoms with Crippen molar-refractivity contribution in [3.8, 4) is 0 Å². The average molecular weight is 240 g/mol. The number of sulfonamides is 1. The molecule has 0 spiro atoms. The molecule has 1 aromatic rings. The summed E-state index contributed by atoms with van der Waals surface area (Å²) in [4.78, 5) is 0. The number of nitrogens with two attached hydrogens (primary N) is 1. The van der Waals surface area contributed by atoms with E-state index in [2.05, 4.69) is 4.72 Å². The molecule has 1 aromatic carbocycles. The molecule has 16 heavy (non-hydrogen) atoms. The highest BCUT2D eigenvalue weighted by Crippen LogP contribution is 2.21. The molecule has 0 saturated heterocycles. The van der Waals surface area contributed by atoms with Crippen LogP contribution in [0.15, 0.2) is 24.3 Å². The summed E-state index contributed by atoms with van der Waals surface area (Å²) in [5.41, 5.74) is 7.25. The van der Waals surface area contributed by atoms with Gasteiger partial charge in [-0.1, -0.05) is 24.3 Å². The van der Waals surface area contributed by atoms with Crippen LogP contribution in [0.1, 0.15) is 24.0 Å². The average Bonchev–Trinajstić information content (AvgIpc) is 3.01. The first kappa shape index (κ1) is 11.6. The van der Waals surface area contributed by atoms with Gasteiger partial charge in [0.05, 0.1) is 5.75 Å². The van der Waals surface area contributed by atoms with Gasteiger partial charge in [0, 0.05) is 12.6 Å². The molecule has 1 saturated carbocycles. The maximum absolute atomic E-state index is 11.8. The quantitative estimate of drug-likeness (QED) is 0.797. The SMILES string of the molecule is NCc1ccccc1CS(=O)(=O)NC1CC1. The standard InChI is InChI=1S/C11H16N2O2S/c12-7-9-3-1-2-4-10(9)8-16(14,15)13-11-5-6-11/h1-4,11,13H,5-8,12H2. The Bertz CT molecular complexity index is 467. The number of hydrogen-bond donors (Lipinski definition) is 2. The van der Waals surface area contributed by atoms with Crippen molar-refractivity contribution in [3.05, 3.63) is 35.4 Å². The minimum atomic E-state index is -3.21. The van der Waals surface area contributed by atoms with E-state index in [1.165, 1.54) is 0 Å². The highest BCUT2D eigenvalue weighted by molar-refractivity contribution is 7.88. The van der Waals surface area contributed by atoms with Crippen LogP contribution in [0.5, 0.6) is 0 Å². The van der Waals surface area contributed by atoms with Gasteiger partial charge in [0.15, 0.2) is 0 Å². The lowest BCUT2D eigenvalue weighted by molar-refractivity contribution is 0.580. The van der Waals surface area contributed by atoms with Crippen LogP contribution in [0.2, 0.25) is 0 Å². The first-order chi connectivity index (χ1) is 7.61. The predicted octanol–water partition coefficient (Wildman–Crippen LogP) is 0.727. The van der Waals surface area contributed by atoms with Crippen LogP contribution in [0, 0.1) is 0 Å². The zero-order valence-electron chi connectivity index (χ0n) is 9.02. The molecule has 3 N–H and O–H groups in total. The van der Waals surface area contributed by atoms with E-state index in [4.69, 9.17) is 5.73 Å². The monoisotopic (exact) mass is 240 g/mol. The van der Waals surface area contributed by atoms with Gasteiger partial charge in [0.25, 0.3) is 0 Å². The van der Waals surface area contributed by atoms with Gasteiger partial charge in [-0.25, -0.2) is 13.1 Å². The minimum Gasteiger partial charge on any atom is -0.326 e. The highest BCUT2D eigenvalue weighted by atomic mass is 32.2. The fraction of sp³-hybridized carbons (Fsp3) is 0.455. The molecule has 0 heterocycles. The lowest BCUT2D eigenvalue weighted by Crippen LogP contribution is -2.27. The van der Waals surface area contributed by atoms with Gasteiger partial charge >= 0.3 is 0 Å². The Morgan fingerprint density at radius 1 is 1.25 bits per heavy atom. The largest absolute Gasteiger partial charge is 0.326 e.